The Labute approximate surface area is 233 Å². The van der Waals surface area contributed by atoms with Crippen LogP contribution >= 0.6 is 11.3 Å². The number of fused-ring (bicyclic) bond motifs is 4. The molecular weight excluding hydrogens is 506 g/mol. The summed E-state index contributed by atoms with van der Waals surface area (Å²) in [5.74, 6) is 1.59. The summed E-state index contributed by atoms with van der Waals surface area (Å²) < 4.78 is 4.95. The standard InChI is InChI=1S/C36H21N3S/c1-3-10-22(11-4-1)27-20-32(38-36(37-27)24-12-5-2-6-13-24)39-28-16-9-14-23-18-19-26-34-25-15-7-8-17-30(25)40-31(34)21-29(39)35(26)33(23)28/h1-21H. The Hall–Kier alpha value is -5.06. The van der Waals surface area contributed by atoms with E-state index < -0.39 is 0 Å². The van der Waals surface area contributed by atoms with Crippen molar-refractivity contribution in [3.63, 3.8) is 0 Å². The number of thiophene rings is 1. The molecule has 40 heavy (non-hydrogen) atoms. The van der Waals surface area contributed by atoms with E-state index in [1.807, 2.05) is 35.6 Å². The van der Waals surface area contributed by atoms with E-state index >= 15 is 0 Å². The molecule has 0 N–H and O–H groups in total. The molecule has 0 saturated heterocycles. The minimum atomic E-state index is 0.722. The molecule has 0 aliphatic rings. The lowest BCUT2D eigenvalue weighted by atomic mass is 9.98. The van der Waals surface area contributed by atoms with Gasteiger partial charge in [0.15, 0.2) is 5.82 Å². The van der Waals surface area contributed by atoms with Crippen molar-refractivity contribution in [2.75, 3.05) is 0 Å². The maximum atomic E-state index is 5.21. The van der Waals surface area contributed by atoms with Crippen molar-refractivity contribution in [3.8, 4) is 28.5 Å². The van der Waals surface area contributed by atoms with Crippen LogP contribution in [0.15, 0.2) is 127 Å². The van der Waals surface area contributed by atoms with Crippen LogP contribution in [0.4, 0.5) is 0 Å². The highest BCUT2D eigenvalue weighted by Gasteiger charge is 2.22. The Morgan fingerprint density at radius 1 is 0.500 bits per heavy atom. The molecule has 0 saturated carbocycles. The van der Waals surface area contributed by atoms with E-state index in [9.17, 15) is 0 Å². The van der Waals surface area contributed by atoms with Crippen molar-refractivity contribution < 1.29 is 0 Å². The molecule has 0 spiro atoms. The molecule has 0 amide bonds. The predicted molar refractivity (Wildman–Crippen MR) is 169 cm³/mol. The summed E-state index contributed by atoms with van der Waals surface area (Å²) in [7, 11) is 0. The third-order valence-electron chi connectivity index (χ3n) is 7.96. The summed E-state index contributed by atoms with van der Waals surface area (Å²) in [6.45, 7) is 0. The summed E-state index contributed by atoms with van der Waals surface area (Å²) in [5, 5.41) is 7.79. The lowest BCUT2D eigenvalue weighted by Gasteiger charge is -2.12. The van der Waals surface area contributed by atoms with Gasteiger partial charge >= 0.3 is 0 Å². The molecule has 9 rings (SSSR count). The third-order valence-corrected chi connectivity index (χ3v) is 9.08. The normalized spacial score (nSPS) is 12.0. The van der Waals surface area contributed by atoms with Gasteiger partial charge in [-0.2, -0.15) is 0 Å². The van der Waals surface area contributed by atoms with E-state index in [1.54, 1.807) is 0 Å². The average molecular weight is 528 g/mol. The van der Waals surface area contributed by atoms with Crippen LogP contribution in [0.25, 0.3) is 81.2 Å². The molecule has 0 atom stereocenters. The molecule has 0 aliphatic heterocycles. The van der Waals surface area contributed by atoms with Crippen molar-refractivity contribution in [1.29, 1.82) is 0 Å². The van der Waals surface area contributed by atoms with E-state index in [0.717, 1.165) is 34.0 Å². The van der Waals surface area contributed by atoms with Gasteiger partial charge in [0, 0.05) is 48.1 Å². The van der Waals surface area contributed by atoms with Gasteiger partial charge in [-0.25, -0.2) is 9.97 Å². The van der Waals surface area contributed by atoms with Crippen LogP contribution in [-0.4, -0.2) is 14.5 Å². The summed E-state index contributed by atoms with van der Waals surface area (Å²) in [4.78, 5) is 10.2. The van der Waals surface area contributed by atoms with Crippen molar-refractivity contribution in [2.45, 2.75) is 0 Å². The van der Waals surface area contributed by atoms with Gasteiger partial charge in [0.05, 0.1) is 16.7 Å². The fourth-order valence-electron chi connectivity index (χ4n) is 6.24. The lowest BCUT2D eigenvalue weighted by Crippen LogP contribution is -2.02. The number of hydrogen-bond acceptors (Lipinski definition) is 3. The van der Waals surface area contributed by atoms with E-state index in [0.29, 0.717) is 0 Å². The van der Waals surface area contributed by atoms with E-state index in [2.05, 4.69) is 108 Å². The first-order valence-corrected chi connectivity index (χ1v) is 14.2. The molecule has 9 aromatic rings. The van der Waals surface area contributed by atoms with Gasteiger partial charge in [-0.1, -0.05) is 103 Å². The molecule has 0 aliphatic carbocycles. The van der Waals surface area contributed by atoms with E-state index in [1.165, 1.54) is 47.2 Å². The highest BCUT2D eigenvalue weighted by atomic mass is 32.1. The fourth-order valence-corrected chi connectivity index (χ4v) is 7.39. The van der Waals surface area contributed by atoms with Crippen LogP contribution in [0, 0.1) is 0 Å². The van der Waals surface area contributed by atoms with Crippen molar-refractivity contribution in [2.24, 2.45) is 0 Å². The second-order valence-electron chi connectivity index (χ2n) is 10.2. The molecule has 0 fully saturated rings. The SMILES string of the molecule is c1ccc(-c2cc(-n3c4cccc5ccc6c7c(cc3c6c54)sc3ccccc37)nc(-c3ccccc3)n2)cc1. The summed E-state index contributed by atoms with van der Waals surface area (Å²) in [6.07, 6.45) is 0. The Kier molecular flexibility index (Phi) is 4.48. The molecule has 0 unspecified atom stereocenters. The molecule has 3 nitrogen and oxygen atoms in total. The van der Waals surface area contributed by atoms with Crippen LogP contribution in [0.5, 0.6) is 0 Å². The van der Waals surface area contributed by atoms with Crippen molar-refractivity contribution >= 4 is 64.1 Å². The number of rotatable bonds is 3. The fraction of sp³-hybridized carbons (Fsp3) is 0. The van der Waals surface area contributed by atoms with Crippen LogP contribution in [0.1, 0.15) is 0 Å². The monoisotopic (exact) mass is 527 g/mol. The molecular formula is C36H21N3S. The molecule has 186 valence electrons. The maximum Gasteiger partial charge on any atom is 0.162 e. The van der Waals surface area contributed by atoms with Gasteiger partial charge in [-0.15, -0.1) is 11.3 Å². The van der Waals surface area contributed by atoms with Gasteiger partial charge in [-0.3, -0.25) is 4.57 Å². The highest BCUT2D eigenvalue weighted by Crippen LogP contribution is 2.46. The molecule has 3 heterocycles. The Bertz CT molecular complexity index is 2310. The topological polar surface area (TPSA) is 30.7 Å². The van der Waals surface area contributed by atoms with Gasteiger partial charge < -0.3 is 0 Å². The quantitative estimate of drug-likeness (QED) is 0.214. The van der Waals surface area contributed by atoms with Crippen LogP contribution in [0.2, 0.25) is 0 Å². The van der Waals surface area contributed by atoms with Gasteiger partial charge in [0.1, 0.15) is 5.82 Å². The van der Waals surface area contributed by atoms with Crippen LogP contribution in [-0.2, 0) is 0 Å². The number of nitrogens with zero attached hydrogens (tertiary/aromatic N) is 3. The Balaban J connectivity index is 1.44. The van der Waals surface area contributed by atoms with Gasteiger partial charge in [-0.05, 0) is 29.0 Å². The number of benzene rings is 6. The first kappa shape index (κ1) is 21.8. The summed E-state index contributed by atoms with van der Waals surface area (Å²) in [5.41, 5.74) is 5.33. The summed E-state index contributed by atoms with van der Waals surface area (Å²) in [6, 6.07) is 45.1. The molecule has 0 radical (unpaired) electrons. The predicted octanol–water partition coefficient (Wildman–Crippen LogP) is 9.87. The molecule has 3 aromatic heterocycles. The smallest absolute Gasteiger partial charge is 0.162 e. The van der Waals surface area contributed by atoms with E-state index in [-0.39, 0.29) is 0 Å². The van der Waals surface area contributed by atoms with E-state index in [4.69, 9.17) is 9.97 Å². The zero-order chi connectivity index (χ0) is 26.2. The maximum absolute atomic E-state index is 5.21. The minimum Gasteiger partial charge on any atom is -0.294 e. The zero-order valence-electron chi connectivity index (χ0n) is 21.4. The van der Waals surface area contributed by atoms with Crippen LogP contribution < -0.4 is 0 Å². The first-order chi connectivity index (χ1) is 19.8. The van der Waals surface area contributed by atoms with Crippen LogP contribution in [0.3, 0.4) is 0 Å². The number of aromatic nitrogens is 3. The second kappa shape index (κ2) is 8.22. The number of hydrogen-bond donors (Lipinski definition) is 0. The largest absolute Gasteiger partial charge is 0.294 e. The van der Waals surface area contributed by atoms with Gasteiger partial charge in [0.2, 0.25) is 0 Å². The zero-order valence-corrected chi connectivity index (χ0v) is 22.2. The second-order valence-corrected chi connectivity index (χ2v) is 11.3. The third kappa shape index (κ3) is 3.05. The molecule has 0 bridgehead atoms. The van der Waals surface area contributed by atoms with Gasteiger partial charge in [0.25, 0.3) is 0 Å². The highest BCUT2D eigenvalue weighted by molar-refractivity contribution is 7.26. The average Bonchev–Trinajstić information content (AvgIpc) is 3.56. The Morgan fingerprint density at radius 2 is 1.27 bits per heavy atom. The molecule has 6 aromatic carbocycles. The lowest BCUT2D eigenvalue weighted by molar-refractivity contribution is 1.05. The minimum absolute atomic E-state index is 0.722. The van der Waals surface area contributed by atoms with Crippen molar-refractivity contribution in [3.05, 3.63) is 127 Å². The Morgan fingerprint density at radius 3 is 2.12 bits per heavy atom. The first-order valence-electron chi connectivity index (χ1n) is 13.4. The summed E-state index contributed by atoms with van der Waals surface area (Å²) >= 11 is 1.86. The van der Waals surface area contributed by atoms with Crippen molar-refractivity contribution in [1.82, 2.24) is 14.5 Å². The molecule has 4 heteroatoms.